The van der Waals surface area contributed by atoms with Gasteiger partial charge in [0.2, 0.25) is 23.6 Å². The van der Waals surface area contributed by atoms with E-state index >= 15 is 0 Å². The molecule has 0 spiro atoms. The van der Waals surface area contributed by atoms with Crippen LogP contribution in [-0.2, 0) is 27.5 Å². The number of unbranched alkanes of at least 4 members (excludes halogenated alkanes) is 4. The van der Waals surface area contributed by atoms with Gasteiger partial charge in [-0.25, -0.2) is 20.4 Å². The second-order valence-corrected chi connectivity index (χ2v) is 16.5. The Labute approximate surface area is 389 Å². The van der Waals surface area contributed by atoms with E-state index in [0.717, 1.165) is 49.1 Å². The Kier molecular flexibility index (Phi) is 17.6. The number of rotatable bonds is 23. The number of carbonyl (C=O) groups excluding carboxylic acids is 5. The number of imide groups is 1. The summed E-state index contributed by atoms with van der Waals surface area (Å²) >= 11 is 0. The summed E-state index contributed by atoms with van der Waals surface area (Å²) in [7, 11) is 1.69. The van der Waals surface area contributed by atoms with Crippen molar-refractivity contribution in [1.29, 1.82) is 5.41 Å². The predicted molar refractivity (Wildman–Crippen MR) is 252 cm³/mol. The molecule has 12 N–H and O–H groups in total. The number of hydrazine groups is 1. The van der Waals surface area contributed by atoms with Gasteiger partial charge in [-0.2, -0.15) is 5.41 Å². The maximum atomic E-state index is 13.1. The number of nitrogens with one attached hydrogen (secondary N) is 5. The van der Waals surface area contributed by atoms with Crippen LogP contribution in [0.15, 0.2) is 97.2 Å². The number of nitrogens with two attached hydrogens (primary N) is 2. The molecule has 1 saturated heterocycles. The van der Waals surface area contributed by atoms with Crippen molar-refractivity contribution in [2.45, 2.75) is 83.3 Å². The maximum Gasteiger partial charge on any atom is 0.280 e. The smallest absolute Gasteiger partial charge is 0.280 e. The van der Waals surface area contributed by atoms with Crippen LogP contribution < -0.4 is 43.3 Å². The molecule has 19 heteroatoms. The highest BCUT2D eigenvalue weighted by atomic mass is 16.5. The van der Waals surface area contributed by atoms with Crippen LogP contribution in [0.25, 0.3) is 0 Å². The number of nitrogens with zero attached hydrogens (tertiary/aromatic N) is 5. The van der Waals surface area contributed by atoms with E-state index in [0.29, 0.717) is 78.6 Å². The van der Waals surface area contributed by atoms with Gasteiger partial charge in [0.25, 0.3) is 17.6 Å². The summed E-state index contributed by atoms with van der Waals surface area (Å²) in [6, 6.07) is 20.9. The lowest BCUT2D eigenvalue weighted by atomic mass is 10.0. The molecule has 1 atom stereocenters. The minimum Gasteiger partial charge on any atom is -0.494 e. The standard InChI is InChI=1S/C48H59N13O6/c1-59(45(51)40-21-22-53-31-56-40)42(50)28-54-35-14-9-12-33(26-35)46(64)55-27-32-11-8-15-36(25-32)67-24-7-3-2-6-23-60(52)29-34(49)13-4-5-18-43(62)57-39-17-10-16-37-38(39)30-61(48(37)66)41-19-20-44(63)58-47(41)65/h8-12,14-17,21-22,25-26,29,31,41,50-51,54H,2-7,13,18-20,23-24,27-28,30,49,52H2,1H3,(H3,55,57,58,62,63,64,65)/p+2/b34-29-,51-45?. The number of ether oxygens (including phenoxy) is 1. The summed E-state index contributed by atoms with van der Waals surface area (Å²) in [5, 5.41) is 21.5. The molecular formula is C48H61N13O6+2. The van der Waals surface area contributed by atoms with E-state index in [1.165, 1.54) is 15.8 Å². The topological polar surface area (TPSA) is 282 Å². The maximum absolute atomic E-state index is 13.1. The Hall–Kier alpha value is -7.51. The van der Waals surface area contributed by atoms with Crippen molar-refractivity contribution >= 4 is 52.6 Å². The number of quaternary nitrogens is 1. The summed E-state index contributed by atoms with van der Waals surface area (Å²) in [6.45, 7) is 2.03. The van der Waals surface area contributed by atoms with Crippen molar-refractivity contribution in [2.24, 2.45) is 11.6 Å². The van der Waals surface area contributed by atoms with E-state index < -0.39 is 11.9 Å². The van der Waals surface area contributed by atoms with Gasteiger partial charge in [-0.3, -0.25) is 29.3 Å². The molecule has 352 valence electrons. The fourth-order valence-corrected chi connectivity index (χ4v) is 7.71. The van der Waals surface area contributed by atoms with Gasteiger partial charge in [0, 0.05) is 73.2 Å². The van der Waals surface area contributed by atoms with Gasteiger partial charge >= 0.3 is 0 Å². The zero-order valence-corrected chi connectivity index (χ0v) is 37.9. The van der Waals surface area contributed by atoms with Crippen LogP contribution in [0.2, 0.25) is 0 Å². The molecule has 1 unspecified atom stereocenters. The van der Waals surface area contributed by atoms with Crippen molar-refractivity contribution in [2.75, 3.05) is 37.4 Å². The number of aromatic nitrogens is 2. The number of hydrogen-bond donors (Lipinski definition) is 8. The summed E-state index contributed by atoms with van der Waals surface area (Å²) in [4.78, 5) is 72.5. The number of hydrogen-bond acceptors (Lipinski definition) is 12. The molecule has 2 aliphatic rings. The molecule has 0 radical (unpaired) electrons. The quantitative estimate of drug-likeness (QED) is 0.0101. The first kappa shape index (κ1) is 48.9. The molecular weight excluding hydrogens is 855 g/mol. The SMILES string of the molecule is C[N+](C(=N)c1ccncn1)=C(N)CNc1cccc(C(=O)NCc2cccc(OCCCCCCN(N)/C=C(\[NH3+])CCCCC(=O)Nc3cccc4c3CN(C3CCC(=O)NC3=O)C4=O)c2)c1. The Morgan fingerprint density at radius 3 is 2.61 bits per heavy atom. The van der Waals surface area contributed by atoms with Crippen LogP contribution in [0.3, 0.4) is 0 Å². The van der Waals surface area contributed by atoms with Crippen LogP contribution in [-0.4, -0.2) is 98.4 Å². The Morgan fingerprint density at radius 1 is 1.01 bits per heavy atom. The first-order valence-electron chi connectivity index (χ1n) is 22.5. The largest absolute Gasteiger partial charge is 0.494 e. The number of amidine groups is 2. The monoisotopic (exact) mass is 915 g/mol. The Morgan fingerprint density at radius 2 is 1.81 bits per heavy atom. The molecule has 0 saturated carbocycles. The number of anilines is 2. The highest BCUT2D eigenvalue weighted by Gasteiger charge is 2.40. The molecule has 3 aromatic carbocycles. The lowest BCUT2D eigenvalue weighted by molar-refractivity contribution is -0.373. The summed E-state index contributed by atoms with van der Waals surface area (Å²) in [6.07, 6.45) is 11.4. The minimum atomic E-state index is -0.719. The number of carbonyl (C=O) groups is 5. The number of amides is 5. The third-order valence-electron chi connectivity index (χ3n) is 11.5. The van der Waals surface area contributed by atoms with E-state index in [1.54, 1.807) is 60.7 Å². The molecule has 0 bridgehead atoms. The van der Waals surface area contributed by atoms with Gasteiger partial charge in [-0.15, -0.1) is 0 Å². The van der Waals surface area contributed by atoms with E-state index in [-0.39, 0.29) is 55.4 Å². The minimum absolute atomic E-state index is 0.142. The summed E-state index contributed by atoms with van der Waals surface area (Å²) in [5.41, 5.74) is 15.5. The molecule has 3 heterocycles. The van der Waals surface area contributed by atoms with Gasteiger partial charge in [0.1, 0.15) is 36.1 Å². The van der Waals surface area contributed by atoms with Crippen LogP contribution >= 0.6 is 0 Å². The van der Waals surface area contributed by atoms with E-state index in [4.69, 9.17) is 21.7 Å². The fraction of sp³-hybridized carbons (Fsp3) is 0.354. The average Bonchev–Trinajstić information content (AvgIpc) is 3.67. The molecule has 1 aromatic heterocycles. The van der Waals surface area contributed by atoms with Gasteiger partial charge < -0.3 is 42.1 Å². The zero-order chi connectivity index (χ0) is 47.7. The molecule has 0 aliphatic carbocycles. The van der Waals surface area contributed by atoms with Crippen molar-refractivity contribution in [3.63, 3.8) is 0 Å². The molecule has 6 rings (SSSR count). The third-order valence-corrected chi connectivity index (χ3v) is 11.5. The number of benzene rings is 3. The highest BCUT2D eigenvalue weighted by Crippen LogP contribution is 2.32. The molecule has 2 aliphatic heterocycles. The Balaban J connectivity index is 0.813. The number of allylic oxidation sites excluding steroid dienone is 1. The van der Waals surface area contributed by atoms with Crippen molar-refractivity contribution in [3.05, 3.63) is 125 Å². The zero-order valence-electron chi connectivity index (χ0n) is 37.9. The van der Waals surface area contributed by atoms with Gasteiger partial charge in [-0.05, 0) is 86.2 Å². The second-order valence-electron chi connectivity index (χ2n) is 16.5. The first-order valence-corrected chi connectivity index (χ1v) is 22.5. The van der Waals surface area contributed by atoms with Crippen LogP contribution in [0, 0.1) is 5.41 Å². The summed E-state index contributed by atoms with van der Waals surface area (Å²) < 4.78 is 7.55. The van der Waals surface area contributed by atoms with Gasteiger partial charge in [-0.1, -0.05) is 37.1 Å². The number of piperidine rings is 1. The van der Waals surface area contributed by atoms with E-state index in [2.05, 4.69) is 37.0 Å². The molecule has 1 fully saturated rings. The van der Waals surface area contributed by atoms with E-state index in [9.17, 15) is 24.0 Å². The average molecular weight is 916 g/mol. The van der Waals surface area contributed by atoms with Crippen molar-refractivity contribution in [3.8, 4) is 5.75 Å². The second kappa shape index (κ2) is 24.1. The first-order chi connectivity index (χ1) is 32.4. The lowest BCUT2D eigenvalue weighted by Gasteiger charge is -2.29. The lowest BCUT2D eigenvalue weighted by Crippen LogP contribution is -2.52. The molecule has 19 nitrogen and oxygen atoms in total. The fourth-order valence-electron chi connectivity index (χ4n) is 7.71. The van der Waals surface area contributed by atoms with Crippen LogP contribution in [0.1, 0.15) is 102 Å². The molecule has 4 aromatic rings. The highest BCUT2D eigenvalue weighted by molar-refractivity contribution is 6.07. The Bertz CT molecular complexity index is 2490. The van der Waals surface area contributed by atoms with Crippen LogP contribution in [0.4, 0.5) is 11.4 Å². The van der Waals surface area contributed by atoms with Crippen molar-refractivity contribution < 1.29 is 39.0 Å². The van der Waals surface area contributed by atoms with Crippen molar-refractivity contribution in [1.82, 2.24) is 30.5 Å². The van der Waals surface area contributed by atoms with Crippen LogP contribution in [0.5, 0.6) is 5.75 Å². The molecule has 67 heavy (non-hydrogen) atoms. The number of fused-ring (bicyclic) bond motifs is 1. The van der Waals surface area contributed by atoms with Gasteiger partial charge in [0.15, 0.2) is 0 Å². The summed E-state index contributed by atoms with van der Waals surface area (Å²) in [5.74, 6) is 6.04. The van der Waals surface area contributed by atoms with Gasteiger partial charge in [0.05, 0.1) is 19.9 Å². The molecule has 5 amide bonds. The predicted octanol–water partition coefficient (Wildman–Crippen LogP) is 3.00. The third kappa shape index (κ3) is 14.2. The normalized spacial score (nSPS) is 15.0. The van der Waals surface area contributed by atoms with E-state index in [1.807, 2.05) is 36.5 Å².